The second-order valence-corrected chi connectivity index (χ2v) is 7.60. The summed E-state index contributed by atoms with van der Waals surface area (Å²) in [6.45, 7) is 2.64. The van der Waals surface area contributed by atoms with Crippen LogP contribution in [0.1, 0.15) is 35.6 Å². The van der Waals surface area contributed by atoms with Gasteiger partial charge < -0.3 is 14.9 Å². The van der Waals surface area contributed by atoms with Crippen LogP contribution in [0.3, 0.4) is 0 Å². The summed E-state index contributed by atoms with van der Waals surface area (Å²) in [6, 6.07) is 32.7. The third-order valence-electron chi connectivity index (χ3n) is 5.40. The lowest BCUT2D eigenvalue weighted by molar-refractivity contribution is 0.306. The van der Waals surface area contributed by atoms with E-state index >= 15 is 0 Å². The van der Waals surface area contributed by atoms with E-state index in [0.717, 1.165) is 45.6 Å². The standard InChI is InChI=1S/C29H26O3/c1-2-28(24-9-6-10-27(19-24)32-20-21-7-4-3-5-8-21)29(22-11-15-25(30)16-12-22)23-13-17-26(31)18-14-23/h3-19,30-31H,2,20H2,1H3. The Morgan fingerprint density at radius 2 is 1.25 bits per heavy atom. The molecule has 0 amide bonds. The average molecular weight is 423 g/mol. The Labute approximate surface area is 188 Å². The van der Waals surface area contributed by atoms with E-state index < -0.39 is 0 Å². The van der Waals surface area contributed by atoms with Crippen molar-refractivity contribution < 1.29 is 14.9 Å². The lowest BCUT2D eigenvalue weighted by Crippen LogP contribution is -1.97. The van der Waals surface area contributed by atoms with E-state index in [1.54, 1.807) is 24.3 Å². The summed E-state index contributed by atoms with van der Waals surface area (Å²) < 4.78 is 6.06. The van der Waals surface area contributed by atoms with E-state index in [0.29, 0.717) is 6.61 Å². The molecule has 32 heavy (non-hydrogen) atoms. The number of benzene rings is 4. The van der Waals surface area contributed by atoms with Crippen LogP contribution in [0.2, 0.25) is 0 Å². The highest BCUT2D eigenvalue weighted by Gasteiger charge is 2.14. The fourth-order valence-electron chi connectivity index (χ4n) is 3.81. The fourth-order valence-corrected chi connectivity index (χ4v) is 3.81. The predicted molar refractivity (Wildman–Crippen MR) is 130 cm³/mol. The van der Waals surface area contributed by atoms with Crippen molar-refractivity contribution in [2.75, 3.05) is 0 Å². The van der Waals surface area contributed by atoms with Crippen LogP contribution in [0.25, 0.3) is 11.1 Å². The topological polar surface area (TPSA) is 49.7 Å². The first-order chi connectivity index (χ1) is 15.6. The second kappa shape index (κ2) is 9.88. The number of phenolic OH excluding ortho intramolecular Hbond substituents is 2. The first-order valence-electron chi connectivity index (χ1n) is 10.7. The number of allylic oxidation sites excluding steroid dienone is 1. The monoisotopic (exact) mass is 422 g/mol. The van der Waals surface area contributed by atoms with Gasteiger partial charge >= 0.3 is 0 Å². The fraction of sp³-hybridized carbons (Fsp3) is 0.103. The molecule has 160 valence electrons. The van der Waals surface area contributed by atoms with E-state index in [4.69, 9.17) is 4.74 Å². The maximum Gasteiger partial charge on any atom is 0.120 e. The average Bonchev–Trinajstić information content (AvgIpc) is 2.83. The molecule has 0 spiro atoms. The van der Waals surface area contributed by atoms with Crippen LogP contribution in [0.15, 0.2) is 103 Å². The molecule has 0 radical (unpaired) electrons. The molecule has 0 atom stereocenters. The first kappa shape index (κ1) is 21.3. The van der Waals surface area contributed by atoms with E-state index in [9.17, 15) is 10.2 Å². The van der Waals surface area contributed by atoms with Crippen molar-refractivity contribution in [3.05, 3.63) is 125 Å². The number of hydrogen-bond donors (Lipinski definition) is 2. The molecule has 0 aliphatic carbocycles. The Hall–Kier alpha value is -3.98. The van der Waals surface area contributed by atoms with Gasteiger partial charge in [0.1, 0.15) is 23.9 Å². The largest absolute Gasteiger partial charge is 0.508 e. The van der Waals surface area contributed by atoms with Gasteiger partial charge in [0, 0.05) is 0 Å². The van der Waals surface area contributed by atoms with Gasteiger partial charge in [-0.2, -0.15) is 0 Å². The van der Waals surface area contributed by atoms with Crippen LogP contribution in [0.5, 0.6) is 17.2 Å². The third-order valence-corrected chi connectivity index (χ3v) is 5.40. The second-order valence-electron chi connectivity index (χ2n) is 7.60. The van der Waals surface area contributed by atoms with E-state index in [-0.39, 0.29) is 11.5 Å². The number of ether oxygens (including phenoxy) is 1. The lowest BCUT2D eigenvalue weighted by Gasteiger charge is -2.17. The third kappa shape index (κ3) is 5.01. The van der Waals surface area contributed by atoms with Crippen molar-refractivity contribution in [1.82, 2.24) is 0 Å². The highest BCUT2D eigenvalue weighted by Crippen LogP contribution is 2.36. The van der Waals surface area contributed by atoms with Gasteiger partial charge in [-0.05, 0) is 76.2 Å². The number of rotatable bonds is 7. The quantitative estimate of drug-likeness (QED) is 0.314. The molecular weight excluding hydrogens is 396 g/mol. The predicted octanol–water partition coefficient (Wildman–Crippen LogP) is 7.05. The molecule has 0 aliphatic heterocycles. The minimum atomic E-state index is 0.230. The molecule has 0 aliphatic rings. The number of aromatic hydroxyl groups is 2. The van der Waals surface area contributed by atoms with Crippen molar-refractivity contribution in [1.29, 1.82) is 0 Å². The van der Waals surface area contributed by atoms with Crippen molar-refractivity contribution in [3.8, 4) is 17.2 Å². The van der Waals surface area contributed by atoms with Gasteiger partial charge in [0.2, 0.25) is 0 Å². The van der Waals surface area contributed by atoms with Crippen LogP contribution in [-0.2, 0) is 6.61 Å². The van der Waals surface area contributed by atoms with E-state index in [1.165, 1.54) is 0 Å². The van der Waals surface area contributed by atoms with Gasteiger partial charge in [0.25, 0.3) is 0 Å². The van der Waals surface area contributed by atoms with E-state index in [1.807, 2.05) is 54.6 Å². The zero-order valence-corrected chi connectivity index (χ0v) is 18.0. The lowest BCUT2D eigenvalue weighted by atomic mass is 9.88. The Balaban J connectivity index is 1.76. The molecule has 0 unspecified atom stereocenters. The summed E-state index contributed by atoms with van der Waals surface area (Å²) in [7, 11) is 0. The zero-order chi connectivity index (χ0) is 22.3. The van der Waals surface area contributed by atoms with Crippen LogP contribution >= 0.6 is 0 Å². The minimum absolute atomic E-state index is 0.230. The maximum atomic E-state index is 9.78. The Kier molecular flexibility index (Phi) is 6.57. The molecule has 2 N–H and O–H groups in total. The number of hydrogen-bond acceptors (Lipinski definition) is 3. The Morgan fingerprint density at radius 1 is 0.656 bits per heavy atom. The number of phenols is 2. The molecule has 0 saturated carbocycles. The summed E-state index contributed by atoms with van der Waals surface area (Å²) >= 11 is 0. The van der Waals surface area contributed by atoms with Gasteiger partial charge in [0.05, 0.1) is 0 Å². The van der Waals surface area contributed by atoms with Crippen LogP contribution in [0, 0.1) is 0 Å². The molecule has 3 heteroatoms. The molecule has 0 fully saturated rings. The summed E-state index contributed by atoms with van der Waals surface area (Å²) in [5, 5.41) is 19.6. The highest BCUT2D eigenvalue weighted by atomic mass is 16.5. The molecule has 3 nitrogen and oxygen atoms in total. The molecule has 0 bridgehead atoms. The van der Waals surface area contributed by atoms with Gasteiger partial charge in [-0.1, -0.05) is 73.7 Å². The first-order valence-corrected chi connectivity index (χ1v) is 10.7. The molecule has 4 aromatic carbocycles. The van der Waals surface area contributed by atoms with Crippen molar-refractivity contribution in [2.24, 2.45) is 0 Å². The summed E-state index contributed by atoms with van der Waals surface area (Å²) in [5.74, 6) is 1.27. The van der Waals surface area contributed by atoms with Crippen LogP contribution in [-0.4, -0.2) is 10.2 Å². The van der Waals surface area contributed by atoms with Crippen molar-refractivity contribution in [2.45, 2.75) is 20.0 Å². The maximum absolute atomic E-state index is 9.78. The van der Waals surface area contributed by atoms with Crippen molar-refractivity contribution >= 4 is 11.1 Å². The Bertz CT molecular complexity index is 1140. The summed E-state index contributed by atoms with van der Waals surface area (Å²) in [6.07, 6.45) is 0.805. The van der Waals surface area contributed by atoms with Gasteiger partial charge in [-0.3, -0.25) is 0 Å². The molecular formula is C29H26O3. The summed E-state index contributed by atoms with van der Waals surface area (Å²) in [5.41, 5.74) is 6.42. The zero-order valence-electron chi connectivity index (χ0n) is 18.0. The smallest absolute Gasteiger partial charge is 0.120 e. The van der Waals surface area contributed by atoms with Gasteiger partial charge in [0.15, 0.2) is 0 Å². The molecule has 0 heterocycles. The molecule has 4 rings (SSSR count). The van der Waals surface area contributed by atoms with Gasteiger partial charge in [-0.25, -0.2) is 0 Å². The van der Waals surface area contributed by atoms with E-state index in [2.05, 4.69) is 31.2 Å². The van der Waals surface area contributed by atoms with Gasteiger partial charge in [-0.15, -0.1) is 0 Å². The molecule has 4 aromatic rings. The minimum Gasteiger partial charge on any atom is -0.508 e. The van der Waals surface area contributed by atoms with Crippen LogP contribution < -0.4 is 4.74 Å². The Morgan fingerprint density at radius 3 is 1.81 bits per heavy atom. The molecule has 0 saturated heterocycles. The van der Waals surface area contributed by atoms with Crippen LogP contribution in [0.4, 0.5) is 0 Å². The van der Waals surface area contributed by atoms with Crippen molar-refractivity contribution in [3.63, 3.8) is 0 Å². The SMILES string of the molecule is CCC(=C(c1ccc(O)cc1)c1ccc(O)cc1)c1cccc(OCc2ccccc2)c1. The summed E-state index contributed by atoms with van der Waals surface area (Å²) in [4.78, 5) is 0. The normalized spacial score (nSPS) is 10.5. The molecule has 0 aromatic heterocycles. The highest BCUT2D eigenvalue weighted by molar-refractivity contribution is 5.98.